The highest BCUT2D eigenvalue weighted by Crippen LogP contribution is 2.30. The second kappa shape index (κ2) is 7.58. The summed E-state index contributed by atoms with van der Waals surface area (Å²) in [6.07, 6.45) is 0.807. The van der Waals surface area contributed by atoms with Gasteiger partial charge in [0, 0.05) is 23.6 Å². The SMILES string of the molecule is Cc1nc2cc(OCC(=O)OC(C)(C)C)ccc2cc1C1CCC(=O)NC1=O. The van der Waals surface area contributed by atoms with Crippen molar-refractivity contribution in [3.63, 3.8) is 0 Å². The molecule has 0 saturated carbocycles. The molecule has 7 nitrogen and oxygen atoms in total. The highest BCUT2D eigenvalue weighted by molar-refractivity contribution is 6.01. The van der Waals surface area contributed by atoms with Crippen molar-refractivity contribution in [2.75, 3.05) is 6.61 Å². The number of ether oxygens (including phenoxy) is 2. The summed E-state index contributed by atoms with van der Waals surface area (Å²) < 4.78 is 10.7. The fourth-order valence-corrected chi connectivity index (χ4v) is 3.21. The molecule has 1 saturated heterocycles. The Bertz CT molecular complexity index is 946. The predicted octanol–water partition coefficient (Wildman–Crippen LogP) is 2.78. The monoisotopic (exact) mass is 384 g/mol. The summed E-state index contributed by atoms with van der Waals surface area (Å²) in [6, 6.07) is 7.26. The Morgan fingerprint density at radius 1 is 1.25 bits per heavy atom. The van der Waals surface area contributed by atoms with Crippen molar-refractivity contribution in [3.05, 3.63) is 35.5 Å². The van der Waals surface area contributed by atoms with Crippen LogP contribution in [0, 0.1) is 6.92 Å². The van der Waals surface area contributed by atoms with E-state index in [4.69, 9.17) is 9.47 Å². The van der Waals surface area contributed by atoms with Gasteiger partial charge in [-0.05, 0) is 57.9 Å². The molecule has 1 aliphatic heterocycles. The molecule has 148 valence electrons. The third-order valence-electron chi connectivity index (χ3n) is 4.41. The molecule has 3 rings (SSSR count). The van der Waals surface area contributed by atoms with Crippen molar-refractivity contribution >= 4 is 28.7 Å². The summed E-state index contributed by atoms with van der Waals surface area (Å²) in [5.41, 5.74) is 1.69. The van der Waals surface area contributed by atoms with Gasteiger partial charge in [0.25, 0.3) is 0 Å². The van der Waals surface area contributed by atoms with Crippen molar-refractivity contribution in [1.82, 2.24) is 10.3 Å². The maximum Gasteiger partial charge on any atom is 0.344 e. The number of esters is 1. The molecule has 2 heterocycles. The molecule has 0 spiro atoms. The zero-order chi connectivity index (χ0) is 20.5. The van der Waals surface area contributed by atoms with Gasteiger partial charge >= 0.3 is 5.97 Å². The van der Waals surface area contributed by atoms with E-state index in [0.29, 0.717) is 24.1 Å². The van der Waals surface area contributed by atoms with Gasteiger partial charge in [-0.1, -0.05) is 0 Å². The minimum Gasteiger partial charge on any atom is -0.482 e. The number of nitrogens with one attached hydrogen (secondary N) is 1. The fraction of sp³-hybridized carbons (Fsp3) is 0.429. The molecule has 2 aromatic rings. The molecule has 1 N–H and O–H groups in total. The Morgan fingerprint density at radius 2 is 2.00 bits per heavy atom. The van der Waals surface area contributed by atoms with Gasteiger partial charge in [0.05, 0.1) is 11.4 Å². The van der Waals surface area contributed by atoms with Gasteiger partial charge in [0.1, 0.15) is 11.4 Å². The van der Waals surface area contributed by atoms with Crippen LogP contribution in [-0.2, 0) is 19.1 Å². The number of piperidine rings is 1. The van der Waals surface area contributed by atoms with Crippen LogP contribution in [0.3, 0.4) is 0 Å². The van der Waals surface area contributed by atoms with Crippen LogP contribution in [0.15, 0.2) is 24.3 Å². The first kappa shape index (κ1) is 19.8. The Hall–Kier alpha value is -2.96. The van der Waals surface area contributed by atoms with E-state index >= 15 is 0 Å². The molecular formula is C21H24N2O5. The average molecular weight is 384 g/mol. The second-order valence-electron chi connectivity index (χ2n) is 7.90. The third kappa shape index (κ3) is 4.65. The van der Waals surface area contributed by atoms with E-state index in [-0.39, 0.29) is 24.3 Å². The number of fused-ring (bicyclic) bond motifs is 1. The number of benzene rings is 1. The van der Waals surface area contributed by atoms with E-state index in [1.54, 1.807) is 32.9 Å². The van der Waals surface area contributed by atoms with Gasteiger partial charge in [-0.2, -0.15) is 0 Å². The maximum atomic E-state index is 12.2. The number of hydrogen-bond acceptors (Lipinski definition) is 6. The zero-order valence-electron chi connectivity index (χ0n) is 16.5. The smallest absolute Gasteiger partial charge is 0.344 e. The van der Waals surface area contributed by atoms with Crippen molar-refractivity contribution in [3.8, 4) is 5.75 Å². The van der Waals surface area contributed by atoms with Crippen LogP contribution >= 0.6 is 0 Å². The Morgan fingerprint density at radius 3 is 2.68 bits per heavy atom. The van der Waals surface area contributed by atoms with Crippen LogP contribution in [0.4, 0.5) is 0 Å². The number of amides is 2. The molecule has 1 unspecified atom stereocenters. The third-order valence-corrected chi connectivity index (χ3v) is 4.41. The molecule has 1 fully saturated rings. The number of nitrogens with zero attached hydrogens (tertiary/aromatic N) is 1. The van der Waals surface area contributed by atoms with Crippen molar-refractivity contribution in [2.24, 2.45) is 0 Å². The van der Waals surface area contributed by atoms with Gasteiger partial charge in [-0.25, -0.2) is 4.79 Å². The van der Waals surface area contributed by atoms with Crippen molar-refractivity contribution < 1.29 is 23.9 Å². The lowest BCUT2D eigenvalue weighted by molar-refractivity contribution is -0.157. The number of carbonyl (C=O) groups excluding carboxylic acids is 3. The molecule has 1 aromatic carbocycles. The minimum atomic E-state index is -0.561. The first-order chi connectivity index (χ1) is 13.1. The Balaban J connectivity index is 1.78. The van der Waals surface area contributed by atoms with Gasteiger partial charge < -0.3 is 9.47 Å². The molecule has 0 bridgehead atoms. The van der Waals surface area contributed by atoms with Crippen LogP contribution in [0.5, 0.6) is 5.75 Å². The van der Waals surface area contributed by atoms with Crippen LogP contribution in [0.1, 0.15) is 50.8 Å². The molecule has 1 atom stereocenters. The molecule has 28 heavy (non-hydrogen) atoms. The van der Waals surface area contributed by atoms with Crippen molar-refractivity contribution in [1.29, 1.82) is 0 Å². The quantitative estimate of drug-likeness (QED) is 0.643. The van der Waals surface area contributed by atoms with Gasteiger partial charge in [0.15, 0.2) is 6.61 Å². The van der Waals surface area contributed by atoms with E-state index in [9.17, 15) is 14.4 Å². The van der Waals surface area contributed by atoms with Crippen LogP contribution in [-0.4, -0.2) is 35.0 Å². The molecule has 1 aromatic heterocycles. The van der Waals surface area contributed by atoms with Crippen LogP contribution < -0.4 is 10.1 Å². The van der Waals surface area contributed by atoms with Gasteiger partial charge in [-0.15, -0.1) is 0 Å². The summed E-state index contributed by atoms with van der Waals surface area (Å²) in [6.45, 7) is 7.05. The zero-order valence-corrected chi connectivity index (χ0v) is 16.5. The summed E-state index contributed by atoms with van der Waals surface area (Å²) >= 11 is 0. The maximum absolute atomic E-state index is 12.2. The van der Waals surface area contributed by atoms with Crippen LogP contribution in [0.25, 0.3) is 10.9 Å². The number of imide groups is 1. The molecule has 7 heteroatoms. The van der Waals surface area contributed by atoms with Crippen molar-refractivity contribution in [2.45, 2.75) is 52.1 Å². The van der Waals surface area contributed by atoms with E-state index < -0.39 is 11.6 Å². The van der Waals surface area contributed by atoms with E-state index in [1.165, 1.54) is 0 Å². The fourth-order valence-electron chi connectivity index (χ4n) is 3.21. The normalized spacial score (nSPS) is 17.4. The van der Waals surface area contributed by atoms with Crippen LogP contribution in [0.2, 0.25) is 0 Å². The number of carbonyl (C=O) groups is 3. The molecular weight excluding hydrogens is 360 g/mol. The summed E-state index contributed by atoms with van der Waals surface area (Å²) in [7, 11) is 0. The molecule has 1 aliphatic rings. The number of rotatable bonds is 4. The standard InChI is InChI=1S/C21H24N2O5/c1-12-16(15-7-8-18(24)23-20(15)26)9-13-5-6-14(10-17(13)22-12)27-11-19(25)28-21(2,3)4/h5-6,9-10,15H,7-8,11H2,1-4H3,(H,23,24,26). The molecule has 2 amide bonds. The topological polar surface area (TPSA) is 94.6 Å². The lowest BCUT2D eigenvalue weighted by Gasteiger charge is -2.22. The number of aromatic nitrogens is 1. The summed E-state index contributed by atoms with van der Waals surface area (Å²) in [5, 5.41) is 3.24. The van der Waals surface area contributed by atoms with Gasteiger partial charge in [-0.3, -0.25) is 19.9 Å². The Kier molecular flexibility index (Phi) is 5.36. The van der Waals surface area contributed by atoms with Gasteiger partial charge in [0.2, 0.25) is 11.8 Å². The number of aryl methyl sites for hydroxylation is 1. The predicted molar refractivity (Wildman–Crippen MR) is 103 cm³/mol. The highest BCUT2D eigenvalue weighted by Gasteiger charge is 2.29. The lowest BCUT2D eigenvalue weighted by atomic mass is 9.89. The number of hydrogen-bond donors (Lipinski definition) is 1. The average Bonchev–Trinajstić information content (AvgIpc) is 2.58. The first-order valence-electron chi connectivity index (χ1n) is 9.22. The highest BCUT2D eigenvalue weighted by atomic mass is 16.6. The molecule has 0 radical (unpaired) electrons. The van der Waals surface area contributed by atoms with E-state index in [1.807, 2.05) is 19.1 Å². The molecule has 0 aliphatic carbocycles. The second-order valence-corrected chi connectivity index (χ2v) is 7.90. The van der Waals surface area contributed by atoms with E-state index in [2.05, 4.69) is 10.3 Å². The summed E-state index contributed by atoms with van der Waals surface area (Å²) in [5.74, 6) is -0.820. The Labute approximate surface area is 163 Å². The van der Waals surface area contributed by atoms with E-state index in [0.717, 1.165) is 16.6 Å². The summed E-state index contributed by atoms with van der Waals surface area (Å²) in [4.78, 5) is 39.9. The first-order valence-corrected chi connectivity index (χ1v) is 9.22. The lowest BCUT2D eigenvalue weighted by Crippen LogP contribution is -2.39. The largest absolute Gasteiger partial charge is 0.482 e. The minimum absolute atomic E-state index is 0.184. The number of pyridine rings is 1.